The van der Waals surface area contributed by atoms with Crippen molar-refractivity contribution >= 4 is 0 Å². The van der Waals surface area contributed by atoms with Crippen molar-refractivity contribution in [3.8, 4) is 5.75 Å². The van der Waals surface area contributed by atoms with Gasteiger partial charge in [0.25, 0.3) is 0 Å². The van der Waals surface area contributed by atoms with Gasteiger partial charge in [-0.2, -0.15) is 8.78 Å². The topological polar surface area (TPSA) is 21.3 Å². The van der Waals surface area contributed by atoms with Crippen LogP contribution in [0.1, 0.15) is 12.8 Å². The molecule has 6 heteroatoms. The molecule has 2 rings (SSSR count). The van der Waals surface area contributed by atoms with Crippen molar-refractivity contribution in [2.45, 2.75) is 18.9 Å². The van der Waals surface area contributed by atoms with Crippen molar-refractivity contribution in [3.63, 3.8) is 0 Å². The summed E-state index contributed by atoms with van der Waals surface area (Å²) in [6, 6.07) is 0.595. The van der Waals surface area contributed by atoms with E-state index in [-0.39, 0.29) is 12.7 Å². The molecule has 1 N–H and O–H groups in total. The summed E-state index contributed by atoms with van der Waals surface area (Å²) < 4.78 is 57.1. The maximum atomic E-state index is 13.3. The lowest BCUT2D eigenvalue weighted by molar-refractivity contribution is 0.293. The van der Waals surface area contributed by atoms with E-state index in [1.807, 2.05) is 0 Å². The predicted molar refractivity (Wildman–Crippen MR) is 61.9 cm³/mol. The average Bonchev–Trinajstić information content (AvgIpc) is 3.18. The van der Waals surface area contributed by atoms with Gasteiger partial charge in [0.1, 0.15) is 6.61 Å². The highest BCUT2D eigenvalue weighted by atomic mass is 19.2. The first-order chi connectivity index (χ1) is 8.99. The number of hydrogen-bond acceptors (Lipinski definition) is 2. The van der Waals surface area contributed by atoms with Crippen LogP contribution >= 0.6 is 0 Å². The molecule has 0 radical (unpaired) electrons. The van der Waals surface area contributed by atoms with Crippen molar-refractivity contribution in [1.82, 2.24) is 5.32 Å². The number of nitrogens with one attached hydrogen (secondary N) is 1. The molecule has 0 aromatic heterocycles. The fourth-order valence-electron chi connectivity index (χ4n) is 1.48. The monoisotopic (exact) mass is 275 g/mol. The van der Waals surface area contributed by atoms with Gasteiger partial charge in [-0.1, -0.05) is 6.58 Å². The van der Waals surface area contributed by atoms with Crippen LogP contribution in [0.3, 0.4) is 0 Å². The Morgan fingerprint density at radius 3 is 2.32 bits per heavy atom. The predicted octanol–water partition coefficient (Wildman–Crippen LogP) is 2.93. The molecule has 1 aromatic carbocycles. The third-order valence-electron chi connectivity index (χ3n) is 2.71. The highest BCUT2D eigenvalue weighted by Gasteiger charge is 2.22. The van der Waals surface area contributed by atoms with Gasteiger partial charge in [-0.3, -0.25) is 0 Å². The quantitative estimate of drug-likeness (QED) is 0.489. The molecule has 0 spiro atoms. The molecule has 0 aliphatic heterocycles. The lowest BCUT2D eigenvalue weighted by atomic mass is 10.2. The fraction of sp³-hybridized carbons (Fsp3) is 0.385. The molecular formula is C13H13F4NO. The molecule has 104 valence electrons. The molecule has 0 atom stereocenters. The zero-order chi connectivity index (χ0) is 14.0. The Labute approximate surface area is 108 Å². The van der Waals surface area contributed by atoms with Crippen LogP contribution in [0.4, 0.5) is 17.6 Å². The van der Waals surface area contributed by atoms with E-state index < -0.39 is 29.0 Å². The van der Waals surface area contributed by atoms with Crippen molar-refractivity contribution in [2.75, 3.05) is 13.2 Å². The van der Waals surface area contributed by atoms with Crippen LogP contribution in [0, 0.1) is 23.3 Å². The SMILES string of the molecule is C=C(CNC1CC1)COc1c(F)c(F)cc(F)c1F. The highest BCUT2D eigenvalue weighted by molar-refractivity contribution is 5.29. The molecule has 0 bridgehead atoms. The van der Waals surface area contributed by atoms with Gasteiger partial charge in [-0.15, -0.1) is 0 Å². The van der Waals surface area contributed by atoms with Crippen molar-refractivity contribution in [1.29, 1.82) is 0 Å². The Bertz CT molecular complexity index is 474. The minimum Gasteiger partial charge on any atom is -0.483 e. The largest absolute Gasteiger partial charge is 0.483 e. The van der Waals surface area contributed by atoms with Crippen LogP contribution in [0.25, 0.3) is 0 Å². The van der Waals surface area contributed by atoms with E-state index >= 15 is 0 Å². The molecule has 2 nitrogen and oxygen atoms in total. The van der Waals surface area contributed by atoms with E-state index in [1.54, 1.807) is 0 Å². The van der Waals surface area contributed by atoms with Gasteiger partial charge in [0.05, 0.1) is 0 Å². The minimum atomic E-state index is -1.54. The molecule has 0 saturated heterocycles. The lowest BCUT2D eigenvalue weighted by Crippen LogP contribution is -2.21. The highest BCUT2D eigenvalue weighted by Crippen LogP contribution is 2.26. The Morgan fingerprint density at radius 2 is 1.79 bits per heavy atom. The summed E-state index contributed by atoms with van der Waals surface area (Å²) >= 11 is 0. The molecule has 19 heavy (non-hydrogen) atoms. The zero-order valence-corrected chi connectivity index (χ0v) is 10.1. The normalized spacial score (nSPS) is 14.5. The first-order valence-corrected chi connectivity index (χ1v) is 5.85. The number of rotatable bonds is 6. The van der Waals surface area contributed by atoms with E-state index in [9.17, 15) is 17.6 Å². The second-order valence-electron chi connectivity index (χ2n) is 4.49. The number of hydrogen-bond donors (Lipinski definition) is 1. The van der Waals surface area contributed by atoms with Gasteiger partial charge in [0.2, 0.25) is 11.6 Å². The van der Waals surface area contributed by atoms with Gasteiger partial charge >= 0.3 is 0 Å². The van der Waals surface area contributed by atoms with E-state index in [2.05, 4.69) is 11.9 Å². The summed E-state index contributed by atoms with van der Waals surface area (Å²) in [5.74, 6) is -7.11. The Hall–Kier alpha value is -1.56. The number of halogens is 4. The Balaban J connectivity index is 1.96. The van der Waals surface area contributed by atoms with Gasteiger partial charge in [-0.05, 0) is 18.4 Å². The third kappa shape index (κ3) is 3.47. The first kappa shape index (κ1) is 13.9. The fourth-order valence-corrected chi connectivity index (χ4v) is 1.48. The van der Waals surface area contributed by atoms with Crippen LogP contribution in [0.2, 0.25) is 0 Å². The standard InChI is InChI=1S/C13H13F4NO/c1-7(5-18-8-2-3-8)6-19-13-11(16)9(14)4-10(15)12(13)17/h4,8,18H,1-3,5-6H2. The molecule has 1 saturated carbocycles. The molecule has 0 heterocycles. The summed E-state index contributed by atoms with van der Waals surface area (Å²) in [4.78, 5) is 0. The van der Waals surface area contributed by atoms with Gasteiger partial charge in [-0.25, -0.2) is 8.78 Å². The van der Waals surface area contributed by atoms with E-state index in [0.717, 1.165) is 12.8 Å². The molecule has 1 fully saturated rings. The van der Waals surface area contributed by atoms with Crippen molar-refractivity contribution < 1.29 is 22.3 Å². The second-order valence-corrected chi connectivity index (χ2v) is 4.49. The summed E-state index contributed by atoms with van der Waals surface area (Å²) in [7, 11) is 0. The van der Waals surface area contributed by atoms with Crippen molar-refractivity contribution in [3.05, 3.63) is 41.5 Å². The molecule has 0 unspecified atom stereocenters. The zero-order valence-electron chi connectivity index (χ0n) is 10.1. The minimum absolute atomic E-state index is 0.140. The summed E-state index contributed by atoms with van der Waals surface area (Å²) in [5.41, 5.74) is 0.537. The van der Waals surface area contributed by atoms with Crippen LogP contribution in [0.5, 0.6) is 5.75 Å². The van der Waals surface area contributed by atoms with Crippen LogP contribution in [0.15, 0.2) is 18.2 Å². The smallest absolute Gasteiger partial charge is 0.203 e. The third-order valence-corrected chi connectivity index (χ3v) is 2.71. The van der Waals surface area contributed by atoms with Gasteiger partial charge in [0, 0.05) is 18.7 Å². The van der Waals surface area contributed by atoms with E-state index in [0.29, 0.717) is 18.2 Å². The maximum Gasteiger partial charge on any atom is 0.203 e. The maximum absolute atomic E-state index is 13.3. The summed E-state index contributed by atoms with van der Waals surface area (Å²) in [6.45, 7) is 3.88. The van der Waals surface area contributed by atoms with Crippen LogP contribution in [-0.2, 0) is 0 Å². The van der Waals surface area contributed by atoms with Gasteiger partial charge in [0.15, 0.2) is 17.4 Å². The Kier molecular flexibility index (Phi) is 4.09. The number of benzene rings is 1. The summed E-state index contributed by atoms with van der Waals surface area (Å²) in [5, 5.41) is 3.13. The van der Waals surface area contributed by atoms with Crippen LogP contribution < -0.4 is 10.1 Å². The van der Waals surface area contributed by atoms with Crippen LogP contribution in [-0.4, -0.2) is 19.2 Å². The van der Waals surface area contributed by atoms with Crippen molar-refractivity contribution in [2.24, 2.45) is 0 Å². The second kappa shape index (κ2) is 5.61. The molecule has 1 aromatic rings. The molecule has 0 amide bonds. The first-order valence-electron chi connectivity index (χ1n) is 5.85. The average molecular weight is 275 g/mol. The molecule has 1 aliphatic carbocycles. The molecular weight excluding hydrogens is 262 g/mol. The Morgan fingerprint density at radius 1 is 1.21 bits per heavy atom. The number of ether oxygens (including phenoxy) is 1. The van der Waals surface area contributed by atoms with Gasteiger partial charge < -0.3 is 10.1 Å². The summed E-state index contributed by atoms with van der Waals surface area (Å²) in [6.07, 6.45) is 2.18. The molecule has 1 aliphatic rings. The van der Waals surface area contributed by atoms with E-state index in [1.165, 1.54) is 0 Å². The lowest BCUT2D eigenvalue weighted by Gasteiger charge is -2.11. The van der Waals surface area contributed by atoms with E-state index in [4.69, 9.17) is 4.74 Å².